The molecular formula is C28H36N8OS. The molecule has 1 aliphatic carbocycles. The molecule has 200 valence electrons. The van der Waals surface area contributed by atoms with Crippen LogP contribution < -0.4 is 5.32 Å². The second-order valence-corrected chi connectivity index (χ2v) is 11.1. The molecule has 4 rings (SSSR count). The predicted molar refractivity (Wildman–Crippen MR) is 154 cm³/mol. The smallest absolute Gasteiger partial charge is 0.295 e. The van der Waals surface area contributed by atoms with Gasteiger partial charge in [0.2, 0.25) is 0 Å². The van der Waals surface area contributed by atoms with Gasteiger partial charge in [-0.2, -0.15) is 0 Å². The van der Waals surface area contributed by atoms with Crippen molar-refractivity contribution in [1.82, 2.24) is 25.2 Å². The molecule has 3 heterocycles. The van der Waals surface area contributed by atoms with Crippen LogP contribution in [0.25, 0.3) is 0 Å². The third kappa shape index (κ3) is 6.35. The Bertz CT molecular complexity index is 1280. The molecular weight excluding hydrogens is 496 g/mol. The minimum absolute atomic E-state index is 0.0874. The summed E-state index contributed by atoms with van der Waals surface area (Å²) in [5.41, 5.74) is 4.22. The summed E-state index contributed by atoms with van der Waals surface area (Å²) in [5.74, 6) is 2.22. The fourth-order valence-corrected chi connectivity index (χ4v) is 4.74. The Morgan fingerprint density at radius 3 is 2.63 bits per heavy atom. The Kier molecular flexibility index (Phi) is 9.04. The van der Waals surface area contributed by atoms with Crippen LogP contribution in [0, 0.1) is 12.8 Å². The molecule has 38 heavy (non-hydrogen) atoms. The maximum Gasteiger partial charge on any atom is 0.295 e. The lowest BCUT2D eigenvalue weighted by Gasteiger charge is -2.35. The Balaban J connectivity index is 1.64. The first-order valence-electron chi connectivity index (χ1n) is 13.1. The van der Waals surface area contributed by atoms with Crippen LogP contribution in [0.1, 0.15) is 69.1 Å². The van der Waals surface area contributed by atoms with Crippen molar-refractivity contribution in [2.24, 2.45) is 20.9 Å². The highest BCUT2D eigenvalue weighted by Gasteiger charge is 2.36. The molecule has 10 heteroatoms. The second kappa shape index (κ2) is 12.4. The Morgan fingerprint density at radius 2 is 2.00 bits per heavy atom. The molecule has 0 aromatic carbocycles. The third-order valence-electron chi connectivity index (χ3n) is 6.72. The van der Waals surface area contributed by atoms with E-state index < -0.39 is 0 Å². The van der Waals surface area contributed by atoms with Gasteiger partial charge in [-0.25, -0.2) is 15.0 Å². The van der Waals surface area contributed by atoms with Crippen LogP contribution in [-0.2, 0) is 11.3 Å². The van der Waals surface area contributed by atoms with Gasteiger partial charge in [0, 0.05) is 47.6 Å². The van der Waals surface area contributed by atoms with Gasteiger partial charge in [0.05, 0.1) is 24.1 Å². The SMILES string of the molecule is CCSc1ccc(CNC2=NC(=C/N=C/c3c(C)ncnc3C3CC3)/C(=N\C)N([C@H](C)C(C)C)C2=O)nc1. The van der Waals surface area contributed by atoms with Crippen molar-refractivity contribution in [3.05, 3.63) is 59.2 Å². The lowest BCUT2D eigenvalue weighted by atomic mass is 10.0. The first kappa shape index (κ1) is 27.6. The molecule has 0 unspecified atom stereocenters. The highest BCUT2D eigenvalue weighted by atomic mass is 32.2. The van der Waals surface area contributed by atoms with E-state index in [1.54, 1.807) is 42.5 Å². The number of hydrogen-bond acceptors (Lipinski definition) is 9. The summed E-state index contributed by atoms with van der Waals surface area (Å²) in [6.45, 7) is 10.7. The van der Waals surface area contributed by atoms with Crippen molar-refractivity contribution in [1.29, 1.82) is 0 Å². The molecule has 1 saturated carbocycles. The van der Waals surface area contributed by atoms with E-state index in [1.165, 1.54) is 0 Å². The Labute approximate surface area is 229 Å². The van der Waals surface area contributed by atoms with E-state index >= 15 is 0 Å². The topological polar surface area (TPSA) is 108 Å². The first-order valence-corrected chi connectivity index (χ1v) is 14.1. The van der Waals surface area contributed by atoms with E-state index in [0.29, 0.717) is 24.0 Å². The van der Waals surface area contributed by atoms with E-state index in [4.69, 9.17) is 0 Å². The van der Waals surface area contributed by atoms with Crippen LogP contribution in [0.15, 0.2) is 56.4 Å². The van der Waals surface area contributed by atoms with Gasteiger partial charge >= 0.3 is 0 Å². The highest BCUT2D eigenvalue weighted by molar-refractivity contribution is 7.99. The Hall–Kier alpha value is -3.40. The van der Waals surface area contributed by atoms with Gasteiger partial charge in [0.1, 0.15) is 12.0 Å². The van der Waals surface area contributed by atoms with Crippen LogP contribution in [-0.4, -0.2) is 62.5 Å². The zero-order chi connectivity index (χ0) is 27.2. The Morgan fingerprint density at radius 1 is 1.21 bits per heavy atom. The summed E-state index contributed by atoms with van der Waals surface area (Å²) in [6.07, 6.45) is 9.21. The average Bonchev–Trinajstić information content (AvgIpc) is 3.75. The zero-order valence-corrected chi connectivity index (χ0v) is 23.8. The van der Waals surface area contributed by atoms with Gasteiger partial charge in [-0.3, -0.25) is 24.7 Å². The molecule has 0 spiro atoms. The summed E-state index contributed by atoms with van der Waals surface area (Å²) < 4.78 is 0. The van der Waals surface area contributed by atoms with Crippen molar-refractivity contribution < 1.29 is 4.79 Å². The van der Waals surface area contributed by atoms with E-state index in [9.17, 15) is 4.79 Å². The van der Waals surface area contributed by atoms with Gasteiger partial charge in [-0.05, 0) is 50.5 Å². The number of thioether (sulfide) groups is 1. The van der Waals surface area contributed by atoms with Gasteiger partial charge in [0.15, 0.2) is 11.7 Å². The predicted octanol–water partition coefficient (Wildman–Crippen LogP) is 4.53. The molecule has 2 aliphatic rings. The van der Waals surface area contributed by atoms with Crippen molar-refractivity contribution in [3.8, 4) is 0 Å². The number of nitrogens with zero attached hydrogens (tertiary/aromatic N) is 7. The van der Waals surface area contributed by atoms with Gasteiger partial charge in [0.25, 0.3) is 5.91 Å². The molecule has 0 radical (unpaired) electrons. The number of aryl methyl sites for hydroxylation is 1. The van der Waals surface area contributed by atoms with Crippen molar-refractivity contribution in [2.75, 3.05) is 12.8 Å². The number of aliphatic imine (C=N–C) groups is 3. The average molecular weight is 533 g/mol. The number of nitrogens with one attached hydrogen (secondary N) is 1. The molecule has 1 atom stereocenters. The minimum Gasteiger partial charge on any atom is -0.360 e. The molecule has 9 nitrogen and oxygen atoms in total. The molecule has 1 amide bonds. The van der Waals surface area contributed by atoms with Crippen molar-refractivity contribution in [2.45, 2.75) is 70.9 Å². The number of rotatable bonds is 9. The van der Waals surface area contributed by atoms with Crippen LogP contribution in [0.2, 0.25) is 0 Å². The number of carbonyl (C=O) groups is 1. The van der Waals surface area contributed by atoms with E-state index in [1.807, 2.05) is 32.2 Å². The summed E-state index contributed by atoms with van der Waals surface area (Å²) in [6, 6.07) is 3.92. The maximum absolute atomic E-state index is 13.6. The van der Waals surface area contributed by atoms with E-state index in [-0.39, 0.29) is 23.7 Å². The summed E-state index contributed by atoms with van der Waals surface area (Å²) in [4.78, 5) is 43.5. The molecule has 1 fully saturated rings. The van der Waals surface area contributed by atoms with Gasteiger partial charge < -0.3 is 5.32 Å². The number of hydrogen-bond donors (Lipinski definition) is 1. The number of amides is 1. The normalized spacial score (nSPS) is 19.1. The fourth-order valence-electron chi connectivity index (χ4n) is 4.12. The van der Waals surface area contributed by atoms with Crippen molar-refractivity contribution in [3.63, 3.8) is 0 Å². The van der Waals surface area contributed by atoms with Crippen molar-refractivity contribution >= 4 is 35.6 Å². The van der Waals surface area contributed by atoms with Gasteiger partial charge in [-0.15, -0.1) is 11.8 Å². The largest absolute Gasteiger partial charge is 0.360 e. The maximum atomic E-state index is 13.6. The van der Waals surface area contributed by atoms with Crippen LogP contribution >= 0.6 is 11.8 Å². The first-order chi connectivity index (χ1) is 18.3. The minimum atomic E-state index is -0.214. The molecule has 1 aliphatic heterocycles. The standard InChI is InChI=1S/C28H36N8OS/c1-7-38-22-11-10-21(31-13-22)12-32-26-28(37)36(19(5)17(2)3)27(29-6)24(35-26)15-30-14-23-18(4)33-16-34-25(23)20-8-9-20/h10-11,13-17,19-20H,7-9,12H2,1-6H3,(H,32,35)/b24-15+,29-27+,30-14+/t19-/m1/s1. The monoisotopic (exact) mass is 532 g/mol. The zero-order valence-electron chi connectivity index (χ0n) is 23.0. The number of carbonyl (C=O) groups excluding carboxylic acids is 1. The summed E-state index contributed by atoms with van der Waals surface area (Å²) in [7, 11) is 1.67. The molecule has 2 aromatic heterocycles. The van der Waals surface area contributed by atoms with Crippen LogP contribution in [0.3, 0.4) is 0 Å². The quantitative estimate of drug-likeness (QED) is 0.375. The fraction of sp³-hybridized carbons (Fsp3) is 0.464. The number of pyridine rings is 1. The number of amidine groups is 2. The third-order valence-corrected chi connectivity index (χ3v) is 7.58. The van der Waals surface area contributed by atoms with Crippen LogP contribution in [0.5, 0.6) is 0 Å². The second-order valence-electron chi connectivity index (χ2n) is 9.76. The molecule has 0 saturated heterocycles. The lowest BCUT2D eigenvalue weighted by Crippen LogP contribution is -2.54. The van der Waals surface area contributed by atoms with E-state index in [2.05, 4.69) is 56.0 Å². The number of aromatic nitrogens is 3. The summed E-state index contributed by atoms with van der Waals surface area (Å²) >= 11 is 1.74. The van der Waals surface area contributed by atoms with E-state index in [0.717, 1.165) is 46.1 Å². The molecule has 1 N–H and O–H groups in total. The van der Waals surface area contributed by atoms with Gasteiger partial charge in [-0.1, -0.05) is 20.8 Å². The molecule has 2 aromatic rings. The molecule has 0 bridgehead atoms. The lowest BCUT2D eigenvalue weighted by molar-refractivity contribution is -0.122. The van der Waals surface area contributed by atoms with Crippen LogP contribution in [0.4, 0.5) is 0 Å². The summed E-state index contributed by atoms with van der Waals surface area (Å²) in [5, 5.41) is 3.21. The highest BCUT2D eigenvalue weighted by Crippen LogP contribution is 2.40.